The highest BCUT2D eigenvalue weighted by molar-refractivity contribution is 7.15. The number of methoxy groups -OCH3 is 1. The van der Waals surface area contributed by atoms with Crippen LogP contribution < -0.4 is 5.32 Å². The lowest BCUT2D eigenvalue weighted by Gasteiger charge is -2.11. The number of carbonyl (C=O) groups is 1. The molecule has 1 heterocycles. The lowest BCUT2D eigenvalue weighted by molar-refractivity contribution is 0.0598. The molecule has 5 nitrogen and oxygen atoms in total. The van der Waals surface area contributed by atoms with Crippen molar-refractivity contribution in [1.29, 1.82) is 0 Å². The Morgan fingerprint density at radius 2 is 2.37 bits per heavy atom. The molecule has 0 radical (unpaired) electrons. The average molecular weight is 299 g/mol. The van der Waals surface area contributed by atoms with E-state index < -0.39 is 5.97 Å². The van der Waals surface area contributed by atoms with Crippen LogP contribution in [0.15, 0.2) is 24.4 Å². The van der Waals surface area contributed by atoms with Crippen LogP contribution >= 0.6 is 22.9 Å². The van der Waals surface area contributed by atoms with Gasteiger partial charge in [-0.3, -0.25) is 0 Å². The van der Waals surface area contributed by atoms with Gasteiger partial charge in [0.1, 0.15) is 11.3 Å². The second-order valence-corrected chi connectivity index (χ2v) is 5.32. The van der Waals surface area contributed by atoms with E-state index in [9.17, 15) is 9.90 Å². The quantitative estimate of drug-likeness (QED) is 0.849. The highest BCUT2D eigenvalue weighted by Crippen LogP contribution is 2.27. The van der Waals surface area contributed by atoms with Crippen LogP contribution in [0.2, 0.25) is 4.47 Å². The van der Waals surface area contributed by atoms with Gasteiger partial charge in [0.2, 0.25) is 0 Å². The first-order valence-corrected chi connectivity index (χ1v) is 6.55. The molecule has 2 aromatic rings. The Labute approximate surface area is 118 Å². The van der Waals surface area contributed by atoms with Gasteiger partial charge in [-0.1, -0.05) is 17.7 Å². The van der Waals surface area contributed by atoms with Gasteiger partial charge in [0.05, 0.1) is 19.3 Å². The zero-order chi connectivity index (χ0) is 13.8. The number of aromatic nitrogens is 1. The molecule has 0 aliphatic rings. The molecule has 0 unspecified atom stereocenters. The summed E-state index contributed by atoms with van der Waals surface area (Å²) < 4.78 is 5.10. The summed E-state index contributed by atoms with van der Waals surface area (Å²) in [5.74, 6) is -0.720. The molecule has 0 fully saturated rings. The molecule has 0 amide bonds. The van der Waals surface area contributed by atoms with Crippen molar-refractivity contribution in [1.82, 2.24) is 4.98 Å². The number of phenolic OH excluding ortho intramolecular Hbond substituents is 1. The normalized spacial score (nSPS) is 10.2. The minimum atomic E-state index is -0.595. The standard InChI is InChI=1S/C12H11ClN2O3S/c1-18-11(17)10-8(3-2-4-9(10)16)14-5-7-6-15-12(13)19-7/h2-4,6,14,16H,5H2,1H3. The third-order valence-corrected chi connectivity index (χ3v) is 3.53. The topological polar surface area (TPSA) is 71.5 Å². The molecule has 0 aliphatic carbocycles. The van der Waals surface area contributed by atoms with E-state index in [-0.39, 0.29) is 11.3 Å². The molecular formula is C12H11ClN2O3S. The molecule has 7 heteroatoms. The van der Waals surface area contributed by atoms with Crippen molar-refractivity contribution in [2.75, 3.05) is 12.4 Å². The molecule has 100 valence electrons. The first kappa shape index (κ1) is 13.6. The van der Waals surface area contributed by atoms with E-state index in [1.807, 2.05) is 0 Å². The maximum atomic E-state index is 11.6. The predicted molar refractivity (Wildman–Crippen MR) is 73.9 cm³/mol. The van der Waals surface area contributed by atoms with Crippen LogP contribution in [0, 0.1) is 0 Å². The number of nitrogens with one attached hydrogen (secondary N) is 1. The predicted octanol–water partition coefficient (Wildman–Crippen LogP) is 2.90. The van der Waals surface area contributed by atoms with Gasteiger partial charge >= 0.3 is 5.97 Å². The summed E-state index contributed by atoms with van der Waals surface area (Å²) in [6, 6.07) is 4.76. The maximum Gasteiger partial charge on any atom is 0.343 e. The third kappa shape index (κ3) is 3.15. The summed E-state index contributed by atoms with van der Waals surface area (Å²) in [6.45, 7) is 0.456. The number of esters is 1. The van der Waals surface area contributed by atoms with E-state index in [1.165, 1.54) is 24.5 Å². The van der Waals surface area contributed by atoms with Crippen molar-refractivity contribution in [3.63, 3.8) is 0 Å². The molecule has 19 heavy (non-hydrogen) atoms. The Morgan fingerprint density at radius 1 is 1.58 bits per heavy atom. The summed E-state index contributed by atoms with van der Waals surface area (Å²) in [5, 5.41) is 12.8. The number of hydrogen-bond donors (Lipinski definition) is 2. The fourth-order valence-corrected chi connectivity index (χ4v) is 2.47. The fraction of sp³-hybridized carbons (Fsp3) is 0.167. The van der Waals surface area contributed by atoms with Crippen molar-refractivity contribution in [2.24, 2.45) is 0 Å². The highest BCUT2D eigenvalue weighted by Gasteiger charge is 2.16. The van der Waals surface area contributed by atoms with Gasteiger partial charge in [-0.2, -0.15) is 0 Å². The van der Waals surface area contributed by atoms with Gasteiger partial charge in [0, 0.05) is 11.1 Å². The van der Waals surface area contributed by atoms with Gasteiger partial charge < -0.3 is 15.2 Å². The van der Waals surface area contributed by atoms with Gasteiger partial charge in [0.15, 0.2) is 4.47 Å². The summed E-state index contributed by atoms with van der Waals surface area (Å²) in [7, 11) is 1.27. The maximum absolute atomic E-state index is 11.6. The lowest BCUT2D eigenvalue weighted by Crippen LogP contribution is -2.08. The van der Waals surface area contributed by atoms with Gasteiger partial charge in [-0.05, 0) is 12.1 Å². The van der Waals surface area contributed by atoms with Crippen LogP contribution in [0.25, 0.3) is 0 Å². The van der Waals surface area contributed by atoms with Crippen molar-refractivity contribution in [2.45, 2.75) is 6.54 Å². The SMILES string of the molecule is COC(=O)c1c(O)cccc1NCc1cnc(Cl)s1. The largest absolute Gasteiger partial charge is 0.507 e. The number of halogens is 1. The van der Waals surface area contributed by atoms with E-state index in [0.29, 0.717) is 16.7 Å². The number of thiazole rings is 1. The molecule has 0 saturated carbocycles. The Morgan fingerprint density at radius 3 is 3.00 bits per heavy atom. The van der Waals surface area contributed by atoms with E-state index >= 15 is 0 Å². The number of nitrogens with zero attached hydrogens (tertiary/aromatic N) is 1. The highest BCUT2D eigenvalue weighted by atomic mass is 35.5. The minimum Gasteiger partial charge on any atom is -0.507 e. The summed E-state index contributed by atoms with van der Waals surface area (Å²) in [6.07, 6.45) is 1.65. The zero-order valence-electron chi connectivity index (χ0n) is 10.0. The van der Waals surface area contributed by atoms with E-state index in [0.717, 1.165) is 4.88 Å². The van der Waals surface area contributed by atoms with Crippen LogP contribution in [-0.4, -0.2) is 23.2 Å². The smallest absolute Gasteiger partial charge is 0.343 e. The van der Waals surface area contributed by atoms with Crippen LogP contribution in [0.1, 0.15) is 15.2 Å². The van der Waals surface area contributed by atoms with Crippen LogP contribution in [0.4, 0.5) is 5.69 Å². The third-order valence-electron chi connectivity index (χ3n) is 2.41. The molecule has 0 saturated heterocycles. The molecule has 0 aliphatic heterocycles. The summed E-state index contributed by atoms with van der Waals surface area (Å²) >= 11 is 7.08. The van der Waals surface area contributed by atoms with Crippen LogP contribution in [-0.2, 0) is 11.3 Å². The Kier molecular flexibility index (Phi) is 4.24. The van der Waals surface area contributed by atoms with Crippen molar-refractivity contribution in [3.8, 4) is 5.75 Å². The molecule has 0 atom stereocenters. The molecule has 1 aromatic carbocycles. The number of carbonyl (C=O) groups excluding carboxylic acids is 1. The second kappa shape index (κ2) is 5.90. The van der Waals surface area contributed by atoms with Crippen molar-refractivity contribution >= 4 is 34.6 Å². The van der Waals surface area contributed by atoms with Gasteiger partial charge in [-0.25, -0.2) is 9.78 Å². The number of benzene rings is 1. The van der Waals surface area contributed by atoms with E-state index in [1.54, 1.807) is 18.3 Å². The average Bonchev–Trinajstić information content (AvgIpc) is 2.81. The van der Waals surface area contributed by atoms with Gasteiger partial charge in [-0.15, -0.1) is 11.3 Å². The summed E-state index contributed by atoms with van der Waals surface area (Å²) in [4.78, 5) is 16.5. The van der Waals surface area contributed by atoms with Crippen molar-refractivity contribution < 1.29 is 14.6 Å². The Balaban J connectivity index is 2.20. The molecule has 0 bridgehead atoms. The minimum absolute atomic E-state index is 0.112. The second-order valence-electron chi connectivity index (χ2n) is 3.62. The van der Waals surface area contributed by atoms with Crippen LogP contribution in [0.5, 0.6) is 5.75 Å². The van der Waals surface area contributed by atoms with E-state index in [4.69, 9.17) is 11.6 Å². The number of anilines is 1. The molecule has 1 aromatic heterocycles. The van der Waals surface area contributed by atoms with Crippen molar-refractivity contribution in [3.05, 3.63) is 39.3 Å². The lowest BCUT2D eigenvalue weighted by atomic mass is 10.1. The number of aromatic hydroxyl groups is 1. The fourth-order valence-electron chi connectivity index (χ4n) is 1.55. The molecular weight excluding hydrogens is 288 g/mol. The molecule has 2 rings (SSSR count). The van der Waals surface area contributed by atoms with Gasteiger partial charge in [0.25, 0.3) is 0 Å². The Bertz CT molecular complexity index is 600. The monoisotopic (exact) mass is 298 g/mol. The first-order chi connectivity index (χ1) is 9.11. The first-order valence-electron chi connectivity index (χ1n) is 5.36. The number of ether oxygens (including phenoxy) is 1. The zero-order valence-corrected chi connectivity index (χ0v) is 11.6. The Hall–Kier alpha value is -1.79. The summed E-state index contributed by atoms with van der Waals surface area (Å²) in [5.41, 5.74) is 0.608. The van der Waals surface area contributed by atoms with Crippen LogP contribution in [0.3, 0.4) is 0 Å². The molecule has 0 spiro atoms. The number of hydrogen-bond acceptors (Lipinski definition) is 6. The number of phenols is 1. The van der Waals surface area contributed by atoms with E-state index in [2.05, 4.69) is 15.0 Å². The number of rotatable bonds is 4. The molecule has 2 N–H and O–H groups in total.